The van der Waals surface area contributed by atoms with E-state index in [4.69, 9.17) is 5.14 Å². The number of phenols is 1. The third-order valence-electron chi connectivity index (χ3n) is 2.47. The van der Waals surface area contributed by atoms with Gasteiger partial charge in [-0.2, -0.15) is 0 Å². The van der Waals surface area contributed by atoms with E-state index in [1.807, 2.05) is 0 Å². The molecule has 0 aromatic heterocycles. The zero-order chi connectivity index (χ0) is 13.3. The van der Waals surface area contributed by atoms with E-state index < -0.39 is 21.6 Å². The van der Waals surface area contributed by atoms with Crippen molar-refractivity contribution >= 4 is 10.0 Å². The standard InChI is InChI=1S/C12H10FNO3S/c13-12-10(2-1-3-11(12)15)8-4-6-9(7-5-8)18(14,16)17/h1-7,15H,(H2,14,16,17). The van der Waals surface area contributed by atoms with Crippen molar-refractivity contribution in [2.24, 2.45) is 5.14 Å². The highest BCUT2D eigenvalue weighted by Crippen LogP contribution is 2.28. The quantitative estimate of drug-likeness (QED) is 0.871. The van der Waals surface area contributed by atoms with Gasteiger partial charge in [0.15, 0.2) is 11.6 Å². The molecule has 2 aromatic rings. The van der Waals surface area contributed by atoms with Crippen molar-refractivity contribution in [1.29, 1.82) is 0 Å². The third kappa shape index (κ3) is 2.34. The minimum atomic E-state index is -3.76. The minimum Gasteiger partial charge on any atom is -0.505 e. The molecule has 4 nitrogen and oxygen atoms in total. The first-order valence-electron chi connectivity index (χ1n) is 5.00. The van der Waals surface area contributed by atoms with Gasteiger partial charge in [-0.05, 0) is 23.8 Å². The number of phenolic OH excluding ortho intramolecular Hbond substituents is 1. The summed E-state index contributed by atoms with van der Waals surface area (Å²) in [5, 5.41) is 14.2. The van der Waals surface area contributed by atoms with Crippen LogP contribution in [0.5, 0.6) is 5.75 Å². The van der Waals surface area contributed by atoms with Crippen LogP contribution in [0.4, 0.5) is 4.39 Å². The molecule has 0 aliphatic carbocycles. The molecule has 2 rings (SSSR count). The lowest BCUT2D eigenvalue weighted by Crippen LogP contribution is -2.11. The van der Waals surface area contributed by atoms with Crippen molar-refractivity contribution < 1.29 is 17.9 Å². The maximum Gasteiger partial charge on any atom is 0.238 e. The largest absolute Gasteiger partial charge is 0.505 e. The van der Waals surface area contributed by atoms with E-state index in [9.17, 15) is 17.9 Å². The second kappa shape index (κ2) is 4.40. The fraction of sp³-hybridized carbons (Fsp3) is 0. The van der Waals surface area contributed by atoms with Crippen LogP contribution >= 0.6 is 0 Å². The summed E-state index contributed by atoms with van der Waals surface area (Å²) in [5.41, 5.74) is 0.645. The van der Waals surface area contributed by atoms with E-state index in [1.165, 1.54) is 42.5 Å². The molecule has 0 fully saturated rings. The van der Waals surface area contributed by atoms with Crippen molar-refractivity contribution in [2.75, 3.05) is 0 Å². The molecule has 3 N–H and O–H groups in total. The number of hydrogen-bond acceptors (Lipinski definition) is 3. The van der Waals surface area contributed by atoms with Gasteiger partial charge in [-0.1, -0.05) is 24.3 Å². The number of primary sulfonamides is 1. The minimum absolute atomic E-state index is 0.0492. The van der Waals surface area contributed by atoms with Crippen LogP contribution in [0.3, 0.4) is 0 Å². The summed E-state index contributed by atoms with van der Waals surface area (Å²) >= 11 is 0. The number of sulfonamides is 1. The lowest BCUT2D eigenvalue weighted by atomic mass is 10.1. The Bertz CT molecular complexity index is 681. The molecule has 0 unspecified atom stereocenters. The average molecular weight is 267 g/mol. The summed E-state index contributed by atoms with van der Waals surface area (Å²) in [6.45, 7) is 0. The lowest BCUT2D eigenvalue weighted by molar-refractivity contribution is 0.433. The molecule has 0 spiro atoms. The van der Waals surface area contributed by atoms with E-state index in [-0.39, 0.29) is 10.5 Å². The molecule has 0 amide bonds. The predicted octanol–water partition coefficient (Wildman–Crippen LogP) is 1.85. The van der Waals surface area contributed by atoms with Crippen LogP contribution in [0.2, 0.25) is 0 Å². The van der Waals surface area contributed by atoms with Gasteiger partial charge >= 0.3 is 0 Å². The first-order chi connectivity index (χ1) is 8.39. The van der Waals surface area contributed by atoms with Crippen molar-refractivity contribution in [3.8, 4) is 16.9 Å². The van der Waals surface area contributed by atoms with Crippen LogP contribution in [0, 0.1) is 5.82 Å². The van der Waals surface area contributed by atoms with Gasteiger partial charge in [0, 0.05) is 5.56 Å². The van der Waals surface area contributed by atoms with Gasteiger partial charge in [-0.15, -0.1) is 0 Å². The molecular weight excluding hydrogens is 257 g/mol. The Kier molecular flexibility index (Phi) is 3.06. The van der Waals surface area contributed by atoms with Crippen molar-refractivity contribution in [2.45, 2.75) is 4.90 Å². The highest BCUT2D eigenvalue weighted by molar-refractivity contribution is 7.89. The van der Waals surface area contributed by atoms with Gasteiger partial charge in [0.05, 0.1) is 4.90 Å². The molecule has 0 radical (unpaired) electrons. The molecule has 2 aromatic carbocycles. The second-order valence-corrected chi connectivity index (χ2v) is 5.27. The Balaban J connectivity index is 2.50. The first kappa shape index (κ1) is 12.5. The molecule has 0 heterocycles. The van der Waals surface area contributed by atoms with Gasteiger partial charge in [-0.3, -0.25) is 0 Å². The molecule has 0 atom stereocenters. The average Bonchev–Trinajstić information content (AvgIpc) is 2.32. The van der Waals surface area contributed by atoms with Crippen LogP contribution in [-0.2, 0) is 10.0 Å². The number of nitrogens with two attached hydrogens (primary N) is 1. The monoisotopic (exact) mass is 267 g/mol. The fourth-order valence-electron chi connectivity index (χ4n) is 1.57. The Morgan fingerprint density at radius 3 is 2.22 bits per heavy atom. The van der Waals surface area contributed by atoms with Gasteiger partial charge in [0.25, 0.3) is 0 Å². The molecule has 0 aliphatic rings. The number of aromatic hydroxyl groups is 1. The van der Waals surface area contributed by atoms with E-state index in [2.05, 4.69) is 0 Å². The van der Waals surface area contributed by atoms with Gasteiger partial charge in [0.2, 0.25) is 10.0 Å². The SMILES string of the molecule is NS(=O)(=O)c1ccc(-c2cccc(O)c2F)cc1. The second-order valence-electron chi connectivity index (χ2n) is 3.71. The maximum atomic E-state index is 13.6. The van der Waals surface area contributed by atoms with Crippen LogP contribution < -0.4 is 5.14 Å². The molecular formula is C12H10FNO3S. The summed E-state index contributed by atoms with van der Waals surface area (Å²) in [7, 11) is -3.76. The predicted molar refractivity (Wildman–Crippen MR) is 64.9 cm³/mol. The summed E-state index contributed by atoms with van der Waals surface area (Å²) < 4.78 is 35.8. The number of benzene rings is 2. The summed E-state index contributed by atoms with van der Waals surface area (Å²) in [4.78, 5) is -0.0492. The van der Waals surface area contributed by atoms with Gasteiger partial charge in [0.1, 0.15) is 0 Å². The third-order valence-corrected chi connectivity index (χ3v) is 3.40. The Hall–Kier alpha value is -1.92. The molecule has 18 heavy (non-hydrogen) atoms. The Morgan fingerprint density at radius 2 is 1.67 bits per heavy atom. The molecule has 0 bridgehead atoms. The molecule has 94 valence electrons. The topological polar surface area (TPSA) is 80.4 Å². The number of rotatable bonds is 2. The van der Waals surface area contributed by atoms with Crippen LogP contribution in [0.1, 0.15) is 0 Å². The Labute approximate surface area is 104 Å². The zero-order valence-corrected chi connectivity index (χ0v) is 9.99. The smallest absolute Gasteiger partial charge is 0.238 e. The summed E-state index contributed by atoms with van der Waals surface area (Å²) in [6.07, 6.45) is 0. The summed E-state index contributed by atoms with van der Waals surface area (Å²) in [6, 6.07) is 9.65. The van der Waals surface area contributed by atoms with Crippen molar-refractivity contribution in [3.63, 3.8) is 0 Å². The van der Waals surface area contributed by atoms with Crippen LogP contribution in [0.25, 0.3) is 11.1 Å². The highest BCUT2D eigenvalue weighted by atomic mass is 32.2. The molecule has 0 saturated carbocycles. The normalized spacial score (nSPS) is 11.4. The summed E-state index contributed by atoms with van der Waals surface area (Å²) in [5.74, 6) is -1.20. The van der Waals surface area contributed by atoms with E-state index in [0.29, 0.717) is 5.56 Å². The maximum absolute atomic E-state index is 13.6. The number of halogens is 1. The van der Waals surface area contributed by atoms with E-state index in [0.717, 1.165) is 0 Å². The zero-order valence-electron chi connectivity index (χ0n) is 9.17. The van der Waals surface area contributed by atoms with Crippen molar-refractivity contribution in [1.82, 2.24) is 0 Å². The number of hydrogen-bond donors (Lipinski definition) is 2. The van der Waals surface area contributed by atoms with Crippen LogP contribution in [0.15, 0.2) is 47.4 Å². The highest BCUT2D eigenvalue weighted by Gasteiger charge is 2.11. The van der Waals surface area contributed by atoms with Crippen molar-refractivity contribution in [3.05, 3.63) is 48.3 Å². The van der Waals surface area contributed by atoms with Gasteiger partial charge < -0.3 is 5.11 Å². The van der Waals surface area contributed by atoms with Crippen LogP contribution in [-0.4, -0.2) is 13.5 Å². The first-order valence-corrected chi connectivity index (χ1v) is 6.55. The lowest BCUT2D eigenvalue weighted by Gasteiger charge is -2.05. The van der Waals surface area contributed by atoms with E-state index >= 15 is 0 Å². The molecule has 0 aliphatic heterocycles. The van der Waals surface area contributed by atoms with Gasteiger partial charge in [-0.25, -0.2) is 17.9 Å². The fourth-order valence-corrected chi connectivity index (χ4v) is 2.08. The molecule has 0 saturated heterocycles. The Morgan fingerprint density at radius 1 is 1.06 bits per heavy atom. The van der Waals surface area contributed by atoms with E-state index in [1.54, 1.807) is 0 Å². The molecule has 6 heteroatoms.